The fourth-order valence-electron chi connectivity index (χ4n) is 4.16. The Morgan fingerprint density at radius 2 is 1.97 bits per heavy atom. The summed E-state index contributed by atoms with van der Waals surface area (Å²) in [5, 5.41) is 11.7. The van der Waals surface area contributed by atoms with Gasteiger partial charge < -0.3 is 24.4 Å². The summed E-state index contributed by atoms with van der Waals surface area (Å²) in [6.45, 7) is 7.79. The maximum atomic E-state index is 12.7. The van der Waals surface area contributed by atoms with E-state index in [2.05, 4.69) is 44.0 Å². The Kier molecular flexibility index (Phi) is 7.71. The highest BCUT2D eigenvalue weighted by atomic mass is 16.5. The van der Waals surface area contributed by atoms with E-state index in [-0.39, 0.29) is 12.0 Å². The van der Waals surface area contributed by atoms with E-state index in [1.54, 1.807) is 6.33 Å². The minimum absolute atomic E-state index is 0.137. The lowest BCUT2D eigenvalue weighted by Gasteiger charge is -2.37. The van der Waals surface area contributed by atoms with Crippen molar-refractivity contribution in [2.45, 2.75) is 45.4 Å². The van der Waals surface area contributed by atoms with Crippen LogP contribution in [0.3, 0.4) is 0 Å². The molecule has 2 aliphatic rings. The third-order valence-electron chi connectivity index (χ3n) is 6.00. The Labute approximate surface area is 189 Å². The number of amides is 1. The van der Waals surface area contributed by atoms with Gasteiger partial charge in [0.1, 0.15) is 18.3 Å². The summed E-state index contributed by atoms with van der Waals surface area (Å²) < 4.78 is 7.65. The summed E-state index contributed by atoms with van der Waals surface area (Å²) >= 11 is 0. The smallest absolute Gasteiger partial charge is 0.251 e. The molecule has 1 N–H and O–H groups in total. The SMILES string of the molecule is CCc1nncn1CCNC(=NCc1ccccc1)N1CCN(C(=O)C2CCCO2)CC1. The number of aromatic nitrogens is 3. The van der Waals surface area contributed by atoms with Gasteiger partial charge in [0.05, 0.1) is 6.54 Å². The van der Waals surface area contributed by atoms with Gasteiger partial charge in [0.15, 0.2) is 5.96 Å². The number of ether oxygens (including phenoxy) is 1. The topological polar surface area (TPSA) is 87.9 Å². The Balaban J connectivity index is 1.36. The van der Waals surface area contributed by atoms with Gasteiger partial charge in [-0.15, -0.1) is 10.2 Å². The largest absolute Gasteiger partial charge is 0.368 e. The first-order valence-corrected chi connectivity index (χ1v) is 11.6. The molecular weight excluding hydrogens is 406 g/mol. The van der Waals surface area contributed by atoms with Crippen LogP contribution in [0.2, 0.25) is 0 Å². The summed E-state index contributed by atoms with van der Waals surface area (Å²) in [4.78, 5) is 21.7. The van der Waals surface area contributed by atoms with Crippen LogP contribution in [0, 0.1) is 0 Å². The van der Waals surface area contributed by atoms with E-state index < -0.39 is 0 Å². The standard InChI is InChI=1S/C23H33N7O2/c1-2-21-27-26-18-30(21)11-10-24-23(25-17-19-7-4-3-5-8-19)29-14-12-28(13-15-29)22(31)20-9-6-16-32-20/h3-5,7-8,18,20H,2,6,9-17H2,1H3,(H,24,25). The van der Waals surface area contributed by atoms with Crippen LogP contribution in [0.1, 0.15) is 31.2 Å². The van der Waals surface area contributed by atoms with Gasteiger partial charge >= 0.3 is 0 Å². The summed E-state index contributed by atoms with van der Waals surface area (Å²) in [6, 6.07) is 10.3. The zero-order valence-electron chi connectivity index (χ0n) is 18.8. The van der Waals surface area contributed by atoms with Crippen LogP contribution in [-0.2, 0) is 29.0 Å². The average molecular weight is 440 g/mol. The minimum Gasteiger partial charge on any atom is -0.368 e. The van der Waals surface area contributed by atoms with Gasteiger partial charge in [-0.1, -0.05) is 37.3 Å². The number of carbonyl (C=O) groups is 1. The van der Waals surface area contributed by atoms with E-state index >= 15 is 0 Å². The van der Waals surface area contributed by atoms with E-state index in [1.165, 1.54) is 5.56 Å². The van der Waals surface area contributed by atoms with Crippen molar-refractivity contribution in [3.63, 3.8) is 0 Å². The van der Waals surface area contributed by atoms with Crippen molar-refractivity contribution in [3.05, 3.63) is 48.0 Å². The first kappa shape index (κ1) is 22.3. The van der Waals surface area contributed by atoms with Crippen molar-refractivity contribution >= 4 is 11.9 Å². The van der Waals surface area contributed by atoms with Crippen LogP contribution >= 0.6 is 0 Å². The Bertz CT molecular complexity index is 885. The van der Waals surface area contributed by atoms with Crippen molar-refractivity contribution in [2.24, 2.45) is 4.99 Å². The molecule has 172 valence electrons. The number of nitrogens with zero attached hydrogens (tertiary/aromatic N) is 6. The lowest BCUT2D eigenvalue weighted by molar-refractivity contribution is -0.142. The van der Waals surface area contributed by atoms with Crippen LogP contribution in [-0.4, -0.2) is 81.9 Å². The van der Waals surface area contributed by atoms with E-state index in [1.807, 2.05) is 23.1 Å². The first-order valence-electron chi connectivity index (χ1n) is 11.6. The fraction of sp³-hybridized carbons (Fsp3) is 0.565. The van der Waals surface area contributed by atoms with E-state index in [0.717, 1.165) is 57.2 Å². The monoisotopic (exact) mass is 439 g/mol. The second-order valence-corrected chi connectivity index (χ2v) is 8.16. The number of rotatable bonds is 7. The number of guanidine groups is 1. The Morgan fingerprint density at radius 3 is 2.69 bits per heavy atom. The number of carbonyl (C=O) groups excluding carboxylic acids is 1. The number of hydrogen-bond acceptors (Lipinski definition) is 5. The lowest BCUT2D eigenvalue weighted by Crippen LogP contribution is -2.55. The van der Waals surface area contributed by atoms with Crippen LogP contribution in [0.25, 0.3) is 0 Å². The number of piperazine rings is 1. The van der Waals surface area contributed by atoms with Gasteiger partial charge in [0.2, 0.25) is 0 Å². The van der Waals surface area contributed by atoms with Crippen molar-refractivity contribution in [3.8, 4) is 0 Å². The number of benzene rings is 1. The molecule has 0 spiro atoms. The number of hydrogen-bond donors (Lipinski definition) is 1. The fourth-order valence-corrected chi connectivity index (χ4v) is 4.16. The van der Waals surface area contributed by atoms with Crippen molar-refractivity contribution in [1.29, 1.82) is 0 Å². The molecule has 0 aliphatic carbocycles. The van der Waals surface area contributed by atoms with Gasteiger partial charge in [-0.2, -0.15) is 0 Å². The van der Waals surface area contributed by atoms with Crippen molar-refractivity contribution < 1.29 is 9.53 Å². The second-order valence-electron chi connectivity index (χ2n) is 8.16. The number of nitrogens with one attached hydrogen (secondary N) is 1. The van der Waals surface area contributed by atoms with Crippen LogP contribution in [0.5, 0.6) is 0 Å². The maximum absolute atomic E-state index is 12.7. The summed E-state index contributed by atoms with van der Waals surface area (Å²) in [5.41, 5.74) is 1.17. The highest BCUT2D eigenvalue weighted by Crippen LogP contribution is 2.16. The molecule has 9 nitrogen and oxygen atoms in total. The molecular formula is C23H33N7O2. The van der Waals surface area contributed by atoms with Crippen molar-refractivity contribution in [1.82, 2.24) is 29.9 Å². The maximum Gasteiger partial charge on any atom is 0.251 e. The summed E-state index contributed by atoms with van der Waals surface area (Å²) in [7, 11) is 0. The lowest BCUT2D eigenvalue weighted by atomic mass is 10.2. The third-order valence-corrected chi connectivity index (χ3v) is 6.00. The summed E-state index contributed by atoms with van der Waals surface area (Å²) in [6.07, 6.45) is 4.20. The molecule has 1 aromatic heterocycles. The molecule has 1 atom stereocenters. The first-order chi connectivity index (χ1) is 15.7. The molecule has 4 rings (SSSR count). The van der Waals surface area contributed by atoms with Gasteiger partial charge in [0.25, 0.3) is 5.91 Å². The molecule has 32 heavy (non-hydrogen) atoms. The molecule has 2 fully saturated rings. The quantitative estimate of drug-likeness (QED) is 0.517. The highest BCUT2D eigenvalue weighted by molar-refractivity contribution is 5.82. The molecule has 1 unspecified atom stereocenters. The van der Waals surface area contributed by atoms with E-state index in [0.29, 0.717) is 26.2 Å². The van der Waals surface area contributed by atoms with Gasteiger partial charge in [-0.3, -0.25) is 4.79 Å². The molecule has 0 saturated carbocycles. The predicted molar refractivity (Wildman–Crippen MR) is 122 cm³/mol. The zero-order chi connectivity index (χ0) is 22.2. The van der Waals surface area contributed by atoms with Crippen LogP contribution < -0.4 is 5.32 Å². The average Bonchev–Trinajstić information content (AvgIpc) is 3.54. The Morgan fingerprint density at radius 1 is 1.19 bits per heavy atom. The zero-order valence-corrected chi connectivity index (χ0v) is 18.8. The molecule has 9 heteroatoms. The normalized spacial score (nSPS) is 19.4. The Hall–Kier alpha value is -2.94. The third kappa shape index (κ3) is 5.64. The molecule has 0 radical (unpaired) electrons. The van der Waals surface area contributed by atoms with E-state index in [4.69, 9.17) is 9.73 Å². The van der Waals surface area contributed by atoms with Gasteiger partial charge in [0, 0.05) is 52.3 Å². The molecule has 2 aromatic rings. The molecule has 0 bridgehead atoms. The molecule has 1 aromatic carbocycles. The number of aliphatic imine (C=N–C) groups is 1. The molecule has 2 saturated heterocycles. The number of aryl methyl sites for hydroxylation is 1. The summed E-state index contributed by atoms with van der Waals surface area (Å²) in [5.74, 6) is 2.00. The molecule has 1 amide bonds. The van der Waals surface area contributed by atoms with E-state index in [9.17, 15) is 4.79 Å². The van der Waals surface area contributed by atoms with Crippen LogP contribution in [0.4, 0.5) is 0 Å². The second kappa shape index (κ2) is 11.1. The van der Waals surface area contributed by atoms with Crippen molar-refractivity contribution in [2.75, 3.05) is 39.3 Å². The van der Waals surface area contributed by atoms with Gasteiger partial charge in [-0.25, -0.2) is 4.99 Å². The highest BCUT2D eigenvalue weighted by Gasteiger charge is 2.30. The molecule has 2 aliphatic heterocycles. The van der Waals surface area contributed by atoms with Crippen LogP contribution in [0.15, 0.2) is 41.7 Å². The minimum atomic E-state index is -0.248. The van der Waals surface area contributed by atoms with Gasteiger partial charge in [-0.05, 0) is 18.4 Å². The predicted octanol–water partition coefficient (Wildman–Crippen LogP) is 1.31. The molecule has 3 heterocycles.